The van der Waals surface area contributed by atoms with Gasteiger partial charge in [-0.1, -0.05) is 36.4 Å². The van der Waals surface area contributed by atoms with Crippen molar-refractivity contribution in [2.75, 3.05) is 0 Å². The van der Waals surface area contributed by atoms with Gasteiger partial charge in [-0.2, -0.15) is 8.42 Å². The van der Waals surface area contributed by atoms with Crippen molar-refractivity contribution in [3.63, 3.8) is 0 Å². The van der Waals surface area contributed by atoms with Gasteiger partial charge in [0.05, 0.1) is 5.41 Å². The first-order valence-electron chi connectivity index (χ1n) is 4.66. The number of fused-ring (bicyclic) bond motifs is 1. The molecule has 2 rings (SSSR count). The Balaban J connectivity index is 2.44. The summed E-state index contributed by atoms with van der Waals surface area (Å²) in [6.45, 7) is 0. The van der Waals surface area contributed by atoms with Crippen LogP contribution < -0.4 is 0 Å². The topological polar surface area (TPSA) is 34.1 Å². The summed E-state index contributed by atoms with van der Waals surface area (Å²) in [5.41, 5.74) is 0.653. The summed E-state index contributed by atoms with van der Waals surface area (Å²) in [5.74, 6) is 0. The normalized spacial score (nSPS) is 12.3. The van der Waals surface area contributed by atoms with Crippen LogP contribution in [0.25, 0.3) is 16.8 Å². The average molecular weight is 236 g/mol. The first kappa shape index (κ1) is 10.8. The molecule has 0 saturated heterocycles. The summed E-state index contributed by atoms with van der Waals surface area (Å²) < 4.78 is 32.9. The molecule has 16 heavy (non-hydrogen) atoms. The zero-order valence-electron chi connectivity index (χ0n) is 8.30. The molecule has 0 heterocycles. The van der Waals surface area contributed by atoms with Crippen molar-refractivity contribution in [3.05, 3.63) is 53.4 Å². The highest BCUT2D eigenvalue weighted by Crippen LogP contribution is 2.16. The monoisotopic (exact) mass is 236 g/mol. The van der Waals surface area contributed by atoms with Gasteiger partial charge in [-0.05, 0) is 28.5 Å². The number of benzene rings is 2. The van der Waals surface area contributed by atoms with Gasteiger partial charge < -0.3 is 0 Å². The lowest BCUT2D eigenvalue weighted by Gasteiger charge is -1.98. The summed E-state index contributed by atoms with van der Waals surface area (Å²) in [5, 5.41) is 2.60. The zero-order valence-corrected chi connectivity index (χ0v) is 9.12. The molecular weight excluding hydrogens is 227 g/mol. The van der Waals surface area contributed by atoms with Gasteiger partial charge in [0.2, 0.25) is 0 Å². The van der Waals surface area contributed by atoms with E-state index < -0.39 is 10.2 Å². The Hall–Kier alpha value is -1.68. The summed E-state index contributed by atoms with van der Waals surface area (Å²) >= 11 is 0. The third kappa shape index (κ3) is 2.67. The molecule has 0 aliphatic carbocycles. The molecule has 82 valence electrons. The summed E-state index contributed by atoms with van der Waals surface area (Å²) in [4.78, 5) is 0. The Bertz CT molecular complexity index is 645. The standard InChI is InChI=1S/C12H9FO2S/c13-16(14,15)8-7-10-5-6-11-3-1-2-4-12(11)9-10/h1-9H. The maximum Gasteiger partial charge on any atom is 0.325 e. The van der Waals surface area contributed by atoms with Crippen LogP contribution in [0, 0.1) is 0 Å². The number of halogens is 1. The highest BCUT2D eigenvalue weighted by Gasteiger charge is 1.99. The third-order valence-corrected chi connectivity index (χ3v) is 2.66. The fraction of sp³-hybridized carbons (Fsp3) is 0. The second kappa shape index (κ2) is 4.06. The lowest BCUT2D eigenvalue weighted by Crippen LogP contribution is -1.81. The predicted molar refractivity (Wildman–Crippen MR) is 63.0 cm³/mol. The Morgan fingerprint density at radius 2 is 1.69 bits per heavy atom. The molecule has 0 radical (unpaired) electrons. The van der Waals surface area contributed by atoms with Crippen LogP contribution in [-0.2, 0) is 10.2 Å². The van der Waals surface area contributed by atoms with E-state index in [0.717, 1.165) is 10.8 Å². The maximum atomic E-state index is 12.3. The Morgan fingerprint density at radius 1 is 1.00 bits per heavy atom. The average Bonchev–Trinajstić information content (AvgIpc) is 2.25. The summed E-state index contributed by atoms with van der Waals surface area (Å²) in [7, 11) is -4.56. The molecule has 0 atom stereocenters. The Morgan fingerprint density at radius 3 is 2.38 bits per heavy atom. The highest BCUT2D eigenvalue weighted by molar-refractivity contribution is 7.89. The quantitative estimate of drug-likeness (QED) is 0.751. The minimum atomic E-state index is -4.56. The molecule has 0 unspecified atom stereocenters. The second-order valence-corrected chi connectivity index (χ2v) is 4.61. The molecule has 0 amide bonds. The van der Waals surface area contributed by atoms with Crippen LogP contribution in [0.3, 0.4) is 0 Å². The van der Waals surface area contributed by atoms with Gasteiger partial charge in [-0.3, -0.25) is 0 Å². The van der Waals surface area contributed by atoms with E-state index in [1.54, 1.807) is 12.1 Å². The molecule has 2 aromatic rings. The van der Waals surface area contributed by atoms with Crippen LogP contribution in [0.5, 0.6) is 0 Å². The van der Waals surface area contributed by atoms with E-state index >= 15 is 0 Å². The molecular formula is C12H9FO2S. The molecule has 0 fully saturated rings. The fourth-order valence-corrected chi connectivity index (χ4v) is 1.79. The summed E-state index contributed by atoms with van der Waals surface area (Å²) in [6.07, 6.45) is 1.24. The van der Waals surface area contributed by atoms with Crippen molar-refractivity contribution >= 4 is 27.1 Å². The molecule has 0 aromatic heterocycles. The van der Waals surface area contributed by atoms with E-state index in [1.807, 2.05) is 30.3 Å². The van der Waals surface area contributed by atoms with Crippen LogP contribution in [0.4, 0.5) is 3.89 Å². The molecule has 0 saturated carbocycles. The number of rotatable bonds is 2. The van der Waals surface area contributed by atoms with Crippen molar-refractivity contribution < 1.29 is 12.3 Å². The van der Waals surface area contributed by atoms with Crippen molar-refractivity contribution in [1.82, 2.24) is 0 Å². The third-order valence-electron chi connectivity index (χ3n) is 2.20. The van der Waals surface area contributed by atoms with Crippen LogP contribution >= 0.6 is 0 Å². The summed E-state index contributed by atoms with van der Waals surface area (Å²) in [6, 6.07) is 13.1. The van der Waals surface area contributed by atoms with E-state index in [4.69, 9.17) is 0 Å². The Labute approximate surface area is 93.2 Å². The first-order valence-corrected chi connectivity index (χ1v) is 6.11. The molecule has 2 aromatic carbocycles. The van der Waals surface area contributed by atoms with Crippen LogP contribution in [0.2, 0.25) is 0 Å². The SMILES string of the molecule is O=S(=O)(F)C=Cc1ccc2ccccc2c1. The minimum absolute atomic E-state index is 0.553. The van der Waals surface area contributed by atoms with E-state index in [1.165, 1.54) is 6.08 Å². The van der Waals surface area contributed by atoms with Crippen molar-refractivity contribution in [1.29, 1.82) is 0 Å². The van der Waals surface area contributed by atoms with Crippen LogP contribution in [0.15, 0.2) is 47.9 Å². The van der Waals surface area contributed by atoms with Gasteiger partial charge in [0.15, 0.2) is 0 Å². The number of hydrogen-bond acceptors (Lipinski definition) is 2. The van der Waals surface area contributed by atoms with Crippen LogP contribution in [-0.4, -0.2) is 8.42 Å². The molecule has 0 N–H and O–H groups in total. The fourth-order valence-electron chi connectivity index (χ4n) is 1.47. The van der Waals surface area contributed by atoms with Gasteiger partial charge in [0.25, 0.3) is 0 Å². The van der Waals surface area contributed by atoms with Crippen LogP contribution in [0.1, 0.15) is 5.56 Å². The van der Waals surface area contributed by atoms with Crippen molar-refractivity contribution in [2.45, 2.75) is 0 Å². The van der Waals surface area contributed by atoms with E-state index in [2.05, 4.69) is 0 Å². The van der Waals surface area contributed by atoms with E-state index in [9.17, 15) is 12.3 Å². The molecule has 2 nitrogen and oxygen atoms in total. The zero-order chi connectivity index (χ0) is 11.6. The first-order chi connectivity index (χ1) is 7.54. The van der Waals surface area contributed by atoms with Gasteiger partial charge in [-0.25, -0.2) is 0 Å². The van der Waals surface area contributed by atoms with E-state index in [0.29, 0.717) is 11.0 Å². The van der Waals surface area contributed by atoms with Crippen molar-refractivity contribution in [3.8, 4) is 0 Å². The molecule has 4 heteroatoms. The molecule has 0 bridgehead atoms. The maximum absolute atomic E-state index is 12.3. The molecule has 0 aliphatic rings. The lowest BCUT2D eigenvalue weighted by molar-refractivity contribution is 0.563. The van der Waals surface area contributed by atoms with Gasteiger partial charge in [-0.15, -0.1) is 3.89 Å². The van der Waals surface area contributed by atoms with Crippen molar-refractivity contribution in [2.24, 2.45) is 0 Å². The lowest BCUT2D eigenvalue weighted by atomic mass is 10.1. The van der Waals surface area contributed by atoms with E-state index in [-0.39, 0.29) is 0 Å². The molecule has 0 aliphatic heterocycles. The van der Waals surface area contributed by atoms with Gasteiger partial charge >= 0.3 is 10.2 Å². The molecule has 0 spiro atoms. The minimum Gasteiger partial charge on any atom is -0.190 e. The second-order valence-electron chi connectivity index (χ2n) is 3.38. The van der Waals surface area contributed by atoms with Gasteiger partial charge in [0.1, 0.15) is 0 Å². The highest BCUT2D eigenvalue weighted by atomic mass is 32.3. The predicted octanol–water partition coefficient (Wildman–Crippen LogP) is 3.11. The largest absolute Gasteiger partial charge is 0.325 e. The Kier molecular flexibility index (Phi) is 2.75. The number of hydrogen-bond donors (Lipinski definition) is 0. The van der Waals surface area contributed by atoms with Gasteiger partial charge in [0, 0.05) is 0 Å². The smallest absolute Gasteiger partial charge is 0.190 e.